The summed E-state index contributed by atoms with van der Waals surface area (Å²) in [5.74, 6) is 0. The third kappa shape index (κ3) is 2.26. The highest BCUT2D eigenvalue weighted by Crippen LogP contribution is 2.22. The van der Waals surface area contributed by atoms with E-state index in [-0.39, 0.29) is 12.1 Å². The first-order chi connectivity index (χ1) is 6.19. The summed E-state index contributed by atoms with van der Waals surface area (Å²) in [5.41, 5.74) is 0. The van der Waals surface area contributed by atoms with Crippen LogP contribution in [0.5, 0.6) is 0 Å². The Hall–Kier alpha value is -0.930. The Morgan fingerprint density at radius 3 is 2.92 bits per heavy atom. The zero-order valence-electron chi connectivity index (χ0n) is 7.43. The number of hydrogen-bond donors (Lipinski definition) is 1. The molecule has 0 spiro atoms. The van der Waals surface area contributed by atoms with E-state index >= 15 is 0 Å². The van der Waals surface area contributed by atoms with Gasteiger partial charge in [-0.2, -0.15) is 0 Å². The van der Waals surface area contributed by atoms with Gasteiger partial charge >= 0.3 is 6.09 Å². The van der Waals surface area contributed by atoms with Crippen LogP contribution in [-0.2, 0) is 0 Å². The van der Waals surface area contributed by atoms with Crippen LogP contribution in [0.3, 0.4) is 0 Å². The number of carboxylic acid groups (broad SMARTS) is 1. The maximum atomic E-state index is 10.8. The van der Waals surface area contributed by atoms with E-state index in [0.717, 1.165) is 12.8 Å². The number of hydrogen-bond acceptors (Lipinski definition) is 3. The lowest BCUT2D eigenvalue weighted by Gasteiger charge is -2.18. The van der Waals surface area contributed by atoms with Gasteiger partial charge in [0.2, 0.25) is 0 Å². The van der Waals surface area contributed by atoms with E-state index in [1.165, 1.54) is 4.90 Å². The van der Waals surface area contributed by atoms with E-state index in [1.807, 2.05) is 6.92 Å². The predicted octanol–water partition coefficient (Wildman–Crippen LogP) is 1.62. The second kappa shape index (κ2) is 4.35. The van der Waals surface area contributed by atoms with Crippen LogP contribution in [-0.4, -0.2) is 39.9 Å². The second-order valence-electron chi connectivity index (χ2n) is 3.11. The molecule has 4 nitrogen and oxygen atoms in total. The van der Waals surface area contributed by atoms with Gasteiger partial charge in [0.25, 0.3) is 0 Å². The molecule has 72 valence electrons. The van der Waals surface area contributed by atoms with Crippen LogP contribution in [0.4, 0.5) is 4.79 Å². The van der Waals surface area contributed by atoms with Gasteiger partial charge in [0.1, 0.15) is 0 Å². The lowest BCUT2D eigenvalue weighted by atomic mass is 10.1. The van der Waals surface area contributed by atoms with Gasteiger partial charge in [-0.3, -0.25) is 0 Å². The van der Waals surface area contributed by atoms with Crippen LogP contribution in [0.25, 0.3) is 0 Å². The van der Waals surface area contributed by atoms with Crippen LogP contribution in [0.15, 0.2) is 4.99 Å². The molecule has 0 radical (unpaired) electrons. The third-order valence-corrected chi connectivity index (χ3v) is 2.45. The van der Waals surface area contributed by atoms with E-state index in [1.54, 1.807) is 0 Å². The average molecular weight is 200 g/mol. The Morgan fingerprint density at radius 2 is 2.54 bits per heavy atom. The zero-order chi connectivity index (χ0) is 9.84. The van der Waals surface area contributed by atoms with Crippen LogP contribution >= 0.6 is 12.2 Å². The van der Waals surface area contributed by atoms with Crippen molar-refractivity contribution in [2.24, 2.45) is 4.99 Å². The SMILES string of the molecule is CCC1CC(N=C=S)CN1C(=O)O. The van der Waals surface area contributed by atoms with Crippen molar-refractivity contribution in [2.75, 3.05) is 6.54 Å². The summed E-state index contributed by atoms with van der Waals surface area (Å²) in [5, 5.41) is 11.1. The summed E-state index contributed by atoms with van der Waals surface area (Å²) in [7, 11) is 0. The molecule has 2 unspecified atom stereocenters. The fourth-order valence-electron chi connectivity index (χ4n) is 1.68. The molecule has 1 fully saturated rings. The van der Waals surface area contributed by atoms with E-state index in [4.69, 9.17) is 5.11 Å². The van der Waals surface area contributed by atoms with E-state index < -0.39 is 6.09 Å². The second-order valence-corrected chi connectivity index (χ2v) is 3.29. The molecule has 0 saturated carbocycles. The summed E-state index contributed by atoms with van der Waals surface area (Å²) >= 11 is 4.49. The molecule has 2 atom stereocenters. The van der Waals surface area contributed by atoms with Crippen molar-refractivity contribution in [1.29, 1.82) is 0 Å². The van der Waals surface area contributed by atoms with Crippen molar-refractivity contribution in [3.05, 3.63) is 0 Å². The van der Waals surface area contributed by atoms with Crippen molar-refractivity contribution < 1.29 is 9.90 Å². The molecule has 1 N–H and O–H groups in total. The molecule has 1 rings (SSSR count). The lowest BCUT2D eigenvalue weighted by molar-refractivity contribution is 0.139. The van der Waals surface area contributed by atoms with Gasteiger partial charge in [0, 0.05) is 12.6 Å². The molecule has 1 aliphatic heterocycles. The van der Waals surface area contributed by atoms with E-state index in [0.29, 0.717) is 6.54 Å². The number of amides is 1. The van der Waals surface area contributed by atoms with Gasteiger partial charge < -0.3 is 10.0 Å². The van der Waals surface area contributed by atoms with E-state index in [9.17, 15) is 4.79 Å². The van der Waals surface area contributed by atoms with Crippen molar-refractivity contribution in [3.63, 3.8) is 0 Å². The average Bonchev–Trinajstić information content (AvgIpc) is 2.48. The van der Waals surface area contributed by atoms with Crippen molar-refractivity contribution in [2.45, 2.75) is 31.8 Å². The maximum absolute atomic E-state index is 10.8. The summed E-state index contributed by atoms with van der Waals surface area (Å²) in [6.07, 6.45) is 0.733. The number of aliphatic imine (C=N–C) groups is 1. The number of thiocarbonyl (C=S) groups is 1. The first-order valence-corrected chi connectivity index (χ1v) is 4.66. The molecule has 0 bridgehead atoms. The fraction of sp³-hybridized carbons (Fsp3) is 0.750. The topological polar surface area (TPSA) is 52.9 Å². The molecule has 0 aromatic rings. The number of carbonyl (C=O) groups is 1. The first-order valence-electron chi connectivity index (χ1n) is 4.25. The van der Waals surface area contributed by atoms with Gasteiger partial charge in [0.15, 0.2) is 0 Å². The minimum absolute atomic E-state index is 0.0125. The molecule has 5 heteroatoms. The van der Waals surface area contributed by atoms with Crippen molar-refractivity contribution in [3.8, 4) is 0 Å². The van der Waals surface area contributed by atoms with Crippen LogP contribution in [0.1, 0.15) is 19.8 Å². The number of isothiocyanates is 1. The molecule has 1 aliphatic rings. The highest BCUT2D eigenvalue weighted by Gasteiger charge is 2.33. The first kappa shape index (κ1) is 10.2. The fourth-order valence-corrected chi connectivity index (χ4v) is 1.83. The van der Waals surface area contributed by atoms with Crippen LogP contribution in [0.2, 0.25) is 0 Å². The smallest absolute Gasteiger partial charge is 0.407 e. The Bertz CT molecular complexity index is 251. The van der Waals surface area contributed by atoms with Gasteiger partial charge in [-0.15, -0.1) is 0 Å². The summed E-state index contributed by atoms with van der Waals surface area (Å²) in [6.45, 7) is 2.43. The number of likely N-dealkylation sites (tertiary alicyclic amines) is 1. The molecular weight excluding hydrogens is 188 g/mol. The number of rotatable bonds is 2. The molecule has 13 heavy (non-hydrogen) atoms. The minimum atomic E-state index is -0.867. The minimum Gasteiger partial charge on any atom is -0.465 e. The maximum Gasteiger partial charge on any atom is 0.407 e. The standard InChI is InChI=1S/C8H12N2O2S/c1-2-7-3-6(9-5-13)4-10(7)8(11)12/h6-7H,2-4H2,1H3,(H,11,12). The quantitative estimate of drug-likeness (QED) is 0.544. The Kier molecular flexibility index (Phi) is 3.39. The Balaban J connectivity index is 2.66. The zero-order valence-corrected chi connectivity index (χ0v) is 8.25. The Labute approximate surface area is 82.3 Å². The van der Waals surface area contributed by atoms with Gasteiger partial charge in [0.05, 0.1) is 11.2 Å². The molecule has 0 aliphatic carbocycles. The van der Waals surface area contributed by atoms with Gasteiger partial charge in [-0.05, 0) is 25.1 Å². The predicted molar refractivity (Wildman–Crippen MR) is 52.2 cm³/mol. The molecule has 1 amide bonds. The normalized spacial score (nSPS) is 27.0. The highest BCUT2D eigenvalue weighted by molar-refractivity contribution is 7.78. The summed E-state index contributed by atoms with van der Waals surface area (Å²) in [4.78, 5) is 16.1. The lowest BCUT2D eigenvalue weighted by Crippen LogP contribution is -2.34. The molecule has 0 aromatic carbocycles. The van der Waals surface area contributed by atoms with Crippen LogP contribution in [0, 0.1) is 0 Å². The largest absolute Gasteiger partial charge is 0.465 e. The van der Waals surface area contributed by atoms with Gasteiger partial charge in [-0.1, -0.05) is 6.92 Å². The molecular formula is C8H12N2O2S. The van der Waals surface area contributed by atoms with E-state index in [2.05, 4.69) is 22.4 Å². The van der Waals surface area contributed by atoms with Crippen molar-refractivity contribution in [1.82, 2.24) is 4.90 Å². The monoisotopic (exact) mass is 200 g/mol. The van der Waals surface area contributed by atoms with Crippen LogP contribution < -0.4 is 0 Å². The molecule has 1 heterocycles. The van der Waals surface area contributed by atoms with Gasteiger partial charge in [-0.25, -0.2) is 9.79 Å². The molecule has 1 saturated heterocycles. The third-order valence-electron chi connectivity index (χ3n) is 2.34. The van der Waals surface area contributed by atoms with Crippen molar-refractivity contribution >= 4 is 23.5 Å². The Morgan fingerprint density at radius 1 is 1.85 bits per heavy atom. The molecule has 0 aromatic heterocycles. The summed E-state index contributed by atoms with van der Waals surface area (Å²) in [6, 6.07) is 0.105. The summed E-state index contributed by atoms with van der Waals surface area (Å²) < 4.78 is 0. The highest BCUT2D eigenvalue weighted by atomic mass is 32.1. The number of nitrogens with zero attached hydrogens (tertiary/aromatic N) is 2.